The van der Waals surface area contributed by atoms with Gasteiger partial charge in [0.15, 0.2) is 0 Å². The Labute approximate surface area is 202 Å². The molecule has 0 aliphatic carbocycles. The van der Waals surface area contributed by atoms with Gasteiger partial charge in [-0.15, -0.1) is 0 Å². The van der Waals surface area contributed by atoms with Crippen molar-refractivity contribution in [2.75, 3.05) is 52.9 Å². The first-order chi connectivity index (χ1) is 16.4. The molecule has 9 nitrogen and oxygen atoms in total. The van der Waals surface area contributed by atoms with Gasteiger partial charge in [-0.1, -0.05) is 25.5 Å². The smallest absolute Gasteiger partial charge is 0.282 e. The number of hydrogen-bond donors (Lipinski definition) is 0. The highest BCUT2D eigenvalue weighted by Gasteiger charge is 2.46. The van der Waals surface area contributed by atoms with Crippen molar-refractivity contribution in [1.29, 1.82) is 0 Å². The van der Waals surface area contributed by atoms with E-state index in [9.17, 15) is 18.0 Å². The number of nitrogens with zero attached hydrogens (tertiary/aromatic N) is 4. The number of unbranched alkanes of at least 4 members (excludes halogenated alkanes) is 1. The highest BCUT2D eigenvalue weighted by Crippen LogP contribution is 2.40. The summed E-state index contributed by atoms with van der Waals surface area (Å²) in [5.74, 6) is 0.195. The summed E-state index contributed by atoms with van der Waals surface area (Å²) >= 11 is 0. The number of likely N-dealkylation sites (tertiary alicyclic amines) is 1. The van der Waals surface area contributed by atoms with Gasteiger partial charge in [-0.3, -0.25) is 9.59 Å². The van der Waals surface area contributed by atoms with E-state index in [0.717, 1.165) is 37.0 Å². The van der Waals surface area contributed by atoms with Gasteiger partial charge in [-0.05, 0) is 37.0 Å². The zero-order chi connectivity index (χ0) is 24.3. The molecule has 3 aliphatic rings. The molecule has 0 radical (unpaired) electrons. The third kappa shape index (κ3) is 4.94. The molecule has 1 aromatic rings. The maximum atomic E-state index is 13.6. The number of benzene rings is 1. The minimum atomic E-state index is -3.46. The average Bonchev–Trinajstić information content (AvgIpc) is 3.51. The molecular formula is C24H36N4O5S. The lowest BCUT2D eigenvalue weighted by atomic mass is 9.92. The van der Waals surface area contributed by atoms with Crippen molar-refractivity contribution in [3.63, 3.8) is 0 Å². The molecule has 3 aliphatic heterocycles. The van der Waals surface area contributed by atoms with Crippen LogP contribution in [0, 0.1) is 5.92 Å². The van der Waals surface area contributed by atoms with Crippen molar-refractivity contribution in [3.05, 3.63) is 29.8 Å². The Morgan fingerprint density at radius 2 is 1.62 bits per heavy atom. The van der Waals surface area contributed by atoms with Crippen LogP contribution in [0.5, 0.6) is 5.75 Å². The van der Waals surface area contributed by atoms with E-state index in [0.29, 0.717) is 32.7 Å². The monoisotopic (exact) mass is 492 g/mol. The Bertz CT molecular complexity index is 970. The molecule has 188 valence electrons. The molecule has 0 unspecified atom stereocenters. The molecule has 34 heavy (non-hydrogen) atoms. The van der Waals surface area contributed by atoms with Crippen LogP contribution in [0.25, 0.3) is 0 Å². The van der Waals surface area contributed by atoms with Crippen LogP contribution in [0.2, 0.25) is 0 Å². The summed E-state index contributed by atoms with van der Waals surface area (Å²) in [7, 11) is -1.85. The maximum absolute atomic E-state index is 13.6. The zero-order valence-electron chi connectivity index (χ0n) is 20.2. The number of hydrogen-bond acceptors (Lipinski definition) is 5. The fourth-order valence-electron chi connectivity index (χ4n) is 5.27. The van der Waals surface area contributed by atoms with E-state index in [4.69, 9.17) is 4.74 Å². The Morgan fingerprint density at radius 3 is 2.21 bits per heavy atom. The first-order valence-corrected chi connectivity index (χ1v) is 13.7. The molecule has 0 spiro atoms. The molecular weight excluding hydrogens is 456 g/mol. The van der Waals surface area contributed by atoms with Crippen molar-refractivity contribution >= 4 is 22.0 Å². The standard InChI is InChI=1S/C24H36N4O5S/c1-3-4-13-28-22(29)18-21(23(28)19-7-9-20(33-2)10-8-19)24(30)25-14-16-27(17-15-25)34(31,32)26-11-5-6-12-26/h7-10,21,23H,3-6,11-18H2,1-2H3/t21-,23+/m0/s1. The molecule has 0 bridgehead atoms. The van der Waals surface area contributed by atoms with E-state index in [1.807, 2.05) is 29.2 Å². The van der Waals surface area contributed by atoms with E-state index >= 15 is 0 Å². The zero-order valence-corrected chi connectivity index (χ0v) is 21.0. The second-order valence-corrected chi connectivity index (χ2v) is 11.2. The normalized spacial score (nSPS) is 24.7. The number of ether oxygens (including phenoxy) is 1. The lowest BCUT2D eigenvalue weighted by Gasteiger charge is -2.38. The Hall–Kier alpha value is -2.17. The molecule has 4 rings (SSSR count). The van der Waals surface area contributed by atoms with Crippen molar-refractivity contribution in [2.45, 2.75) is 45.1 Å². The quantitative estimate of drug-likeness (QED) is 0.553. The largest absolute Gasteiger partial charge is 0.497 e. The van der Waals surface area contributed by atoms with Gasteiger partial charge in [-0.2, -0.15) is 17.0 Å². The summed E-state index contributed by atoms with van der Waals surface area (Å²) in [4.78, 5) is 30.2. The van der Waals surface area contributed by atoms with Crippen molar-refractivity contribution in [3.8, 4) is 5.75 Å². The van der Waals surface area contributed by atoms with Gasteiger partial charge in [0, 0.05) is 52.2 Å². The van der Waals surface area contributed by atoms with Crippen LogP contribution in [0.1, 0.15) is 50.6 Å². The van der Waals surface area contributed by atoms with Gasteiger partial charge >= 0.3 is 0 Å². The average molecular weight is 493 g/mol. The van der Waals surface area contributed by atoms with E-state index in [-0.39, 0.29) is 37.4 Å². The topological polar surface area (TPSA) is 90.5 Å². The van der Waals surface area contributed by atoms with E-state index in [1.165, 1.54) is 4.31 Å². The maximum Gasteiger partial charge on any atom is 0.282 e. The predicted molar refractivity (Wildman–Crippen MR) is 128 cm³/mol. The highest BCUT2D eigenvalue weighted by molar-refractivity contribution is 7.86. The molecule has 3 saturated heterocycles. The van der Waals surface area contributed by atoms with Crippen molar-refractivity contribution < 1.29 is 22.7 Å². The van der Waals surface area contributed by atoms with Gasteiger partial charge in [0.1, 0.15) is 5.75 Å². The first kappa shape index (κ1) is 24.9. The third-order valence-electron chi connectivity index (χ3n) is 7.23. The van der Waals surface area contributed by atoms with Crippen LogP contribution in [0.4, 0.5) is 0 Å². The minimum Gasteiger partial charge on any atom is -0.497 e. The van der Waals surface area contributed by atoms with Gasteiger partial charge < -0.3 is 14.5 Å². The SMILES string of the molecule is CCCCN1C(=O)C[C@H](C(=O)N2CCN(S(=O)(=O)N3CCCC3)CC2)[C@H]1c1ccc(OC)cc1. The third-order valence-corrected chi connectivity index (χ3v) is 9.26. The summed E-state index contributed by atoms with van der Waals surface area (Å²) in [6.45, 7) is 5.13. The van der Waals surface area contributed by atoms with Gasteiger partial charge in [0.05, 0.1) is 19.1 Å². The summed E-state index contributed by atoms with van der Waals surface area (Å²) < 4.78 is 34.1. The van der Waals surface area contributed by atoms with Crippen LogP contribution in [0.15, 0.2) is 24.3 Å². The first-order valence-electron chi connectivity index (χ1n) is 12.3. The lowest BCUT2D eigenvalue weighted by molar-refractivity contribution is -0.137. The van der Waals surface area contributed by atoms with Gasteiger partial charge in [0.25, 0.3) is 10.2 Å². The summed E-state index contributed by atoms with van der Waals surface area (Å²) in [6.07, 6.45) is 3.83. The molecule has 3 heterocycles. The van der Waals surface area contributed by atoms with Crippen molar-refractivity contribution in [1.82, 2.24) is 18.4 Å². The van der Waals surface area contributed by atoms with Crippen molar-refractivity contribution in [2.24, 2.45) is 5.92 Å². The van der Waals surface area contributed by atoms with Gasteiger partial charge in [-0.25, -0.2) is 0 Å². The Balaban J connectivity index is 1.48. The number of piperazine rings is 1. The molecule has 3 fully saturated rings. The molecule has 0 N–H and O–H groups in total. The van der Waals surface area contributed by atoms with E-state index < -0.39 is 16.1 Å². The Kier molecular flexibility index (Phi) is 7.79. The van der Waals surface area contributed by atoms with Gasteiger partial charge in [0.2, 0.25) is 11.8 Å². The lowest BCUT2D eigenvalue weighted by Crippen LogP contribution is -2.55. The fraction of sp³-hybridized carbons (Fsp3) is 0.667. The number of amides is 2. The molecule has 10 heteroatoms. The molecule has 0 saturated carbocycles. The number of methoxy groups -OCH3 is 1. The second kappa shape index (κ2) is 10.6. The number of carbonyl (C=O) groups is 2. The van der Waals surface area contributed by atoms with E-state index in [1.54, 1.807) is 16.3 Å². The number of rotatable bonds is 8. The minimum absolute atomic E-state index is 0.00265. The van der Waals surface area contributed by atoms with Crippen LogP contribution >= 0.6 is 0 Å². The second-order valence-electron chi connectivity index (χ2n) is 9.31. The summed E-state index contributed by atoms with van der Waals surface area (Å²) in [5.41, 5.74) is 0.927. The molecule has 2 amide bonds. The summed E-state index contributed by atoms with van der Waals surface area (Å²) in [5, 5.41) is 0. The number of carbonyl (C=O) groups excluding carboxylic acids is 2. The van der Waals surface area contributed by atoms with Crippen LogP contribution < -0.4 is 4.74 Å². The highest BCUT2D eigenvalue weighted by atomic mass is 32.2. The van der Waals surface area contributed by atoms with Crippen LogP contribution in [-0.4, -0.2) is 91.6 Å². The fourth-order valence-corrected chi connectivity index (χ4v) is 6.94. The van der Waals surface area contributed by atoms with E-state index in [2.05, 4.69) is 6.92 Å². The van der Waals surface area contributed by atoms with Crippen LogP contribution in [-0.2, 0) is 19.8 Å². The van der Waals surface area contributed by atoms with Crippen LogP contribution in [0.3, 0.4) is 0 Å². The predicted octanol–water partition coefficient (Wildman–Crippen LogP) is 1.87. The molecule has 2 atom stereocenters. The molecule has 1 aromatic carbocycles. The summed E-state index contributed by atoms with van der Waals surface area (Å²) in [6, 6.07) is 7.27. The Morgan fingerprint density at radius 1 is 1.00 bits per heavy atom. The molecule has 0 aromatic heterocycles.